The molecule has 1 aromatic rings. The average Bonchev–Trinajstić information content (AvgIpc) is 2.49. The van der Waals surface area contributed by atoms with E-state index in [0.717, 1.165) is 0 Å². The summed E-state index contributed by atoms with van der Waals surface area (Å²) in [5, 5.41) is 11.3. The number of carboxylic acid groups (broad SMARTS) is 1. The minimum Gasteiger partial charge on any atom is -0.480 e. The molecule has 0 aromatic heterocycles. The van der Waals surface area contributed by atoms with E-state index in [1.807, 2.05) is 0 Å². The van der Waals surface area contributed by atoms with Gasteiger partial charge in [-0.15, -0.1) is 0 Å². The molecule has 8 nitrogen and oxygen atoms in total. The summed E-state index contributed by atoms with van der Waals surface area (Å²) >= 11 is 0. The van der Waals surface area contributed by atoms with Crippen LogP contribution in [0.1, 0.15) is 33.6 Å². The lowest BCUT2D eigenvalue weighted by atomic mass is 10.1. The number of ether oxygens (including phenoxy) is 1. The van der Waals surface area contributed by atoms with Gasteiger partial charge in [-0.3, -0.25) is 9.59 Å². The molecule has 1 atom stereocenters. The molecule has 2 amide bonds. The van der Waals surface area contributed by atoms with Crippen LogP contribution in [0.15, 0.2) is 24.3 Å². The minimum absolute atomic E-state index is 0.0142. The van der Waals surface area contributed by atoms with Crippen molar-refractivity contribution in [3.05, 3.63) is 35.4 Å². The van der Waals surface area contributed by atoms with E-state index < -0.39 is 29.8 Å². The number of nitrogens with one attached hydrogen (secondary N) is 1. The zero-order chi connectivity index (χ0) is 16.7. The molecule has 1 aromatic carbocycles. The summed E-state index contributed by atoms with van der Waals surface area (Å²) < 4.78 is 4.56. The molecule has 0 aliphatic heterocycles. The summed E-state index contributed by atoms with van der Waals surface area (Å²) in [6, 6.07) is 4.55. The third-order valence-corrected chi connectivity index (χ3v) is 2.86. The van der Waals surface area contributed by atoms with Crippen molar-refractivity contribution in [2.75, 3.05) is 7.11 Å². The summed E-state index contributed by atoms with van der Waals surface area (Å²) in [7, 11) is 1.17. The maximum atomic E-state index is 12.1. The Balaban J connectivity index is 2.93. The first kappa shape index (κ1) is 17.2. The lowest BCUT2D eigenvalue weighted by molar-refractivity contribution is -0.139. The number of aliphatic carboxylic acids is 1. The highest BCUT2D eigenvalue weighted by atomic mass is 16.5. The van der Waals surface area contributed by atoms with Crippen LogP contribution >= 0.6 is 0 Å². The van der Waals surface area contributed by atoms with Gasteiger partial charge in [-0.05, 0) is 18.6 Å². The van der Waals surface area contributed by atoms with Crippen molar-refractivity contribution in [1.82, 2.24) is 5.32 Å². The number of carbonyl (C=O) groups is 4. The number of nitrogens with two attached hydrogens (primary N) is 1. The van der Waals surface area contributed by atoms with Gasteiger partial charge < -0.3 is 20.9 Å². The molecular weight excluding hydrogens is 292 g/mol. The lowest BCUT2D eigenvalue weighted by Gasteiger charge is -2.15. The SMILES string of the molecule is COC(=O)c1ccccc1C(=O)NC(CCC(N)=O)C(=O)O. The number of esters is 1. The second kappa shape index (κ2) is 7.77. The summed E-state index contributed by atoms with van der Waals surface area (Å²) in [5.41, 5.74) is 4.96. The Labute approximate surface area is 126 Å². The van der Waals surface area contributed by atoms with Crippen molar-refractivity contribution in [2.24, 2.45) is 5.73 Å². The molecule has 118 valence electrons. The summed E-state index contributed by atoms with van der Waals surface area (Å²) in [4.78, 5) is 45.6. The highest BCUT2D eigenvalue weighted by Gasteiger charge is 2.24. The number of methoxy groups -OCH3 is 1. The maximum absolute atomic E-state index is 12.1. The molecule has 0 fully saturated rings. The molecule has 4 N–H and O–H groups in total. The Kier molecular flexibility index (Phi) is 6.06. The van der Waals surface area contributed by atoms with Crippen LogP contribution < -0.4 is 11.1 Å². The highest BCUT2D eigenvalue weighted by Crippen LogP contribution is 2.11. The fraction of sp³-hybridized carbons (Fsp3) is 0.286. The fourth-order valence-corrected chi connectivity index (χ4v) is 1.75. The second-order valence-corrected chi connectivity index (χ2v) is 4.41. The average molecular weight is 308 g/mol. The second-order valence-electron chi connectivity index (χ2n) is 4.41. The molecule has 1 rings (SSSR count). The number of carboxylic acids is 1. The van der Waals surface area contributed by atoms with Crippen molar-refractivity contribution >= 4 is 23.8 Å². The van der Waals surface area contributed by atoms with Gasteiger partial charge in [-0.25, -0.2) is 9.59 Å². The largest absolute Gasteiger partial charge is 0.480 e. The Morgan fingerprint density at radius 3 is 2.32 bits per heavy atom. The summed E-state index contributed by atoms with van der Waals surface area (Å²) in [6.45, 7) is 0. The third kappa shape index (κ3) is 4.58. The van der Waals surface area contributed by atoms with Crippen molar-refractivity contribution in [1.29, 1.82) is 0 Å². The Bertz CT molecular complexity index is 599. The van der Waals surface area contributed by atoms with E-state index in [2.05, 4.69) is 10.1 Å². The molecule has 0 saturated carbocycles. The van der Waals surface area contributed by atoms with Gasteiger partial charge in [0.05, 0.1) is 18.2 Å². The van der Waals surface area contributed by atoms with Gasteiger partial charge >= 0.3 is 11.9 Å². The van der Waals surface area contributed by atoms with Gasteiger partial charge in [0.15, 0.2) is 0 Å². The van der Waals surface area contributed by atoms with Crippen molar-refractivity contribution < 1.29 is 29.0 Å². The standard InChI is InChI=1S/C14H16N2O6/c1-22-14(21)9-5-3-2-4-8(9)12(18)16-10(13(19)20)6-7-11(15)17/h2-5,10H,6-7H2,1H3,(H2,15,17)(H,16,18)(H,19,20). The van der Waals surface area contributed by atoms with Crippen LogP contribution in [-0.4, -0.2) is 42.0 Å². The summed E-state index contributed by atoms with van der Waals surface area (Å²) in [5.74, 6) is -3.44. The molecule has 8 heteroatoms. The summed E-state index contributed by atoms with van der Waals surface area (Å²) in [6.07, 6.45) is -0.327. The highest BCUT2D eigenvalue weighted by molar-refractivity contribution is 6.06. The van der Waals surface area contributed by atoms with Gasteiger partial charge in [-0.2, -0.15) is 0 Å². The van der Waals surface area contributed by atoms with Crippen LogP contribution in [-0.2, 0) is 14.3 Å². The molecule has 22 heavy (non-hydrogen) atoms. The molecule has 0 bridgehead atoms. The molecule has 0 aliphatic rings. The molecule has 1 unspecified atom stereocenters. The quantitative estimate of drug-likeness (QED) is 0.603. The van der Waals surface area contributed by atoms with E-state index in [1.54, 1.807) is 6.07 Å². The topological polar surface area (TPSA) is 136 Å². The van der Waals surface area contributed by atoms with Crippen molar-refractivity contribution in [3.8, 4) is 0 Å². The fourth-order valence-electron chi connectivity index (χ4n) is 1.75. The van der Waals surface area contributed by atoms with Gasteiger partial charge in [-0.1, -0.05) is 12.1 Å². The van der Waals surface area contributed by atoms with Crippen molar-refractivity contribution in [3.63, 3.8) is 0 Å². The minimum atomic E-state index is -1.30. The van der Waals surface area contributed by atoms with Crippen molar-refractivity contribution in [2.45, 2.75) is 18.9 Å². The number of primary amides is 1. The van der Waals surface area contributed by atoms with E-state index in [9.17, 15) is 19.2 Å². The van der Waals surface area contributed by atoms with Crippen LogP contribution in [0.3, 0.4) is 0 Å². The van der Waals surface area contributed by atoms with E-state index in [0.29, 0.717) is 0 Å². The Hall–Kier alpha value is -2.90. The molecular formula is C14H16N2O6. The van der Waals surface area contributed by atoms with Gasteiger partial charge in [0, 0.05) is 6.42 Å². The van der Waals surface area contributed by atoms with Gasteiger partial charge in [0.1, 0.15) is 6.04 Å². The predicted octanol–water partition coefficient (Wildman–Crippen LogP) is -0.0783. The van der Waals surface area contributed by atoms with E-state index in [1.165, 1.54) is 25.3 Å². The Morgan fingerprint density at radius 2 is 1.82 bits per heavy atom. The van der Waals surface area contributed by atoms with Gasteiger partial charge in [0.2, 0.25) is 5.91 Å². The van der Waals surface area contributed by atoms with Crippen LogP contribution in [0, 0.1) is 0 Å². The molecule has 0 aliphatic carbocycles. The maximum Gasteiger partial charge on any atom is 0.338 e. The molecule has 0 saturated heterocycles. The molecule has 0 spiro atoms. The van der Waals surface area contributed by atoms with Crippen LogP contribution in [0.5, 0.6) is 0 Å². The van der Waals surface area contributed by atoms with E-state index in [-0.39, 0.29) is 24.0 Å². The molecule has 0 radical (unpaired) electrons. The Morgan fingerprint density at radius 1 is 1.23 bits per heavy atom. The first-order valence-electron chi connectivity index (χ1n) is 6.36. The van der Waals surface area contributed by atoms with E-state index in [4.69, 9.17) is 10.8 Å². The number of benzene rings is 1. The first-order chi connectivity index (χ1) is 10.4. The van der Waals surface area contributed by atoms with Gasteiger partial charge in [0.25, 0.3) is 5.91 Å². The normalized spacial score (nSPS) is 11.3. The van der Waals surface area contributed by atoms with E-state index >= 15 is 0 Å². The number of rotatable bonds is 7. The number of hydrogen-bond acceptors (Lipinski definition) is 5. The lowest BCUT2D eigenvalue weighted by Crippen LogP contribution is -2.41. The zero-order valence-corrected chi connectivity index (χ0v) is 11.9. The molecule has 0 heterocycles. The van der Waals surface area contributed by atoms with Crippen LogP contribution in [0.4, 0.5) is 0 Å². The van der Waals surface area contributed by atoms with Crippen LogP contribution in [0.2, 0.25) is 0 Å². The van der Waals surface area contributed by atoms with Crippen LogP contribution in [0.25, 0.3) is 0 Å². The number of carbonyl (C=O) groups excluding carboxylic acids is 3. The third-order valence-electron chi connectivity index (χ3n) is 2.86. The smallest absolute Gasteiger partial charge is 0.338 e. The zero-order valence-electron chi connectivity index (χ0n) is 11.9. The number of hydrogen-bond donors (Lipinski definition) is 3. The monoisotopic (exact) mass is 308 g/mol. The number of amides is 2. The predicted molar refractivity (Wildman–Crippen MR) is 75.1 cm³/mol. The first-order valence-corrected chi connectivity index (χ1v) is 6.36.